The Bertz CT molecular complexity index is 1340. The van der Waals surface area contributed by atoms with Crippen molar-refractivity contribution in [3.05, 3.63) is 72.1 Å². The van der Waals surface area contributed by atoms with E-state index in [4.69, 9.17) is 4.42 Å². The van der Waals surface area contributed by atoms with Gasteiger partial charge in [0.25, 0.3) is 5.91 Å². The van der Waals surface area contributed by atoms with Crippen LogP contribution in [0.4, 0.5) is 11.5 Å². The number of hydrogen-bond acceptors (Lipinski definition) is 5. The van der Waals surface area contributed by atoms with Gasteiger partial charge in [-0.05, 0) is 54.3 Å². The number of anilines is 2. The van der Waals surface area contributed by atoms with E-state index in [9.17, 15) is 9.59 Å². The van der Waals surface area contributed by atoms with Crippen molar-refractivity contribution in [2.45, 2.75) is 46.6 Å². The second-order valence-corrected chi connectivity index (χ2v) is 9.27. The Morgan fingerprint density at radius 1 is 0.943 bits per heavy atom. The normalized spacial score (nSPS) is 11.3. The summed E-state index contributed by atoms with van der Waals surface area (Å²) < 4.78 is 7.84. The summed E-state index contributed by atoms with van der Waals surface area (Å²) >= 11 is 0. The molecule has 180 valence electrons. The van der Waals surface area contributed by atoms with Gasteiger partial charge in [-0.3, -0.25) is 9.59 Å². The molecule has 0 spiro atoms. The zero-order valence-corrected chi connectivity index (χ0v) is 20.5. The monoisotopic (exact) mass is 471 g/mol. The molecule has 2 N–H and O–H groups in total. The van der Waals surface area contributed by atoms with Crippen molar-refractivity contribution >= 4 is 23.3 Å². The van der Waals surface area contributed by atoms with Crippen LogP contribution in [0.3, 0.4) is 0 Å². The average molecular weight is 472 g/mol. The van der Waals surface area contributed by atoms with Crippen molar-refractivity contribution in [1.29, 1.82) is 0 Å². The van der Waals surface area contributed by atoms with Gasteiger partial charge < -0.3 is 15.1 Å². The van der Waals surface area contributed by atoms with E-state index in [2.05, 4.69) is 41.5 Å². The van der Waals surface area contributed by atoms with Gasteiger partial charge in [-0.25, -0.2) is 9.67 Å². The van der Waals surface area contributed by atoms with E-state index in [1.54, 1.807) is 41.2 Å². The van der Waals surface area contributed by atoms with E-state index in [0.717, 1.165) is 5.56 Å². The highest BCUT2D eigenvalue weighted by molar-refractivity contribution is 6.06. The van der Waals surface area contributed by atoms with Gasteiger partial charge in [-0.2, -0.15) is 5.10 Å². The molecular weight excluding hydrogens is 442 g/mol. The molecule has 35 heavy (non-hydrogen) atoms. The summed E-state index contributed by atoms with van der Waals surface area (Å²) in [4.78, 5) is 29.2. The van der Waals surface area contributed by atoms with Crippen LogP contribution in [0.5, 0.6) is 0 Å². The molecule has 4 aromatic rings. The highest BCUT2D eigenvalue weighted by Crippen LogP contribution is 2.32. The number of oxazole rings is 1. The molecule has 2 aromatic carbocycles. The summed E-state index contributed by atoms with van der Waals surface area (Å²) in [7, 11) is 0. The van der Waals surface area contributed by atoms with Crippen LogP contribution in [-0.2, 0) is 16.8 Å². The van der Waals surface area contributed by atoms with Gasteiger partial charge in [0.15, 0.2) is 11.5 Å². The van der Waals surface area contributed by atoms with E-state index in [1.165, 1.54) is 12.5 Å². The summed E-state index contributed by atoms with van der Waals surface area (Å²) in [5.41, 5.74) is 3.45. The minimum Gasteiger partial charge on any atom is -0.435 e. The number of amides is 2. The highest BCUT2D eigenvalue weighted by atomic mass is 16.4. The summed E-state index contributed by atoms with van der Waals surface area (Å²) in [6.45, 7) is 10.5. The fourth-order valence-corrected chi connectivity index (χ4v) is 3.68. The smallest absolute Gasteiger partial charge is 0.279 e. The van der Waals surface area contributed by atoms with Crippen LogP contribution in [0.1, 0.15) is 50.7 Å². The molecule has 0 saturated heterocycles. The van der Waals surface area contributed by atoms with E-state index in [1.807, 2.05) is 31.2 Å². The Hall–Kier alpha value is -4.20. The van der Waals surface area contributed by atoms with Crippen molar-refractivity contribution < 1.29 is 14.0 Å². The number of rotatable bonds is 6. The minimum absolute atomic E-state index is 0.0171. The van der Waals surface area contributed by atoms with Gasteiger partial charge in [-0.1, -0.05) is 32.9 Å². The molecule has 2 aromatic heterocycles. The number of nitrogens with one attached hydrogen (secondary N) is 2. The van der Waals surface area contributed by atoms with Crippen molar-refractivity contribution in [1.82, 2.24) is 14.8 Å². The lowest BCUT2D eigenvalue weighted by molar-refractivity contribution is -0.114. The molecule has 4 rings (SSSR count). The Morgan fingerprint density at radius 2 is 1.60 bits per heavy atom. The standard InChI is InChI=1S/C27H29N5O3/c1-6-32-22(15-16-28-32)30-25(34)23-24(18-9-13-21(14-10-18)29-17(2)33)35-26(31-23)19-7-11-20(12-8-19)27(3,4)5/h7-16H,6H2,1-5H3,(H,29,33)(H,30,34). The predicted octanol–water partition coefficient (Wildman–Crippen LogP) is 5.73. The number of aromatic nitrogens is 3. The van der Waals surface area contributed by atoms with Crippen LogP contribution in [0, 0.1) is 0 Å². The van der Waals surface area contributed by atoms with Crippen LogP contribution >= 0.6 is 0 Å². The molecule has 8 nitrogen and oxygen atoms in total. The fraction of sp³-hybridized carbons (Fsp3) is 0.259. The van der Waals surface area contributed by atoms with Crippen LogP contribution in [0.15, 0.2) is 65.2 Å². The van der Waals surface area contributed by atoms with E-state index >= 15 is 0 Å². The van der Waals surface area contributed by atoms with Crippen LogP contribution in [-0.4, -0.2) is 26.6 Å². The molecule has 2 heterocycles. The number of carbonyl (C=O) groups is 2. The first-order valence-corrected chi connectivity index (χ1v) is 11.5. The molecular formula is C27H29N5O3. The van der Waals surface area contributed by atoms with E-state index < -0.39 is 5.91 Å². The Kier molecular flexibility index (Phi) is 6.55. The SMILES string of the molecule is CCn1nccc1NC(=O)c1nc(-c2ccc(C(C)(C)C)cc2)oc1-c1ccc(NC(C)=O)cc1. The van der Waals surface area contributed by atoms with Crippen LogP contribution in [0.2, 0.25) is 0 Å². The number of nitrogens with zero attached hydrogens (tertiary/aromatic N) is 3. The van der Waals surface area contributed by atoms with Gasteiger partial charge in [-0.15, -0.1) is 0 Å². The topological polar surface area (TPSA) is 102 Å². The Morgan fingerprint density at radius 3 is 2.20 bits per heavy atom. The second-order valence-electron chi connectivity index (χ2n) is 9.27. The maximum absolute atomic E-state index is 13.3. The van der Waals surface area contributed by atoms with Crippen molar-refractivity contribution in [2.24, 2.45) is 0 Å². The average Bonchev–Trinajstić information content (AvgIpc) is 3.46. The first kappa shape index (κ1) is 23.9. The van der Waals surface area contributed by atoms with Crippen molar-refractivity contribution in [2.75, 3.05) is 10.6 Å². The first-order chi connectivity index (χ1) is 16.7. The van der Waals surface area contributed by atoms with Gasteiger partial charge in [0.1, 0.15) is 5.82 Å². The third-order valence-electron chi connectivity index (χ3n) is 5.57. The number of hydrogen-bond donors (Lipinski definition) is 2. The largest absolute Gasteiger partial charge is 0.435 e. The van der Waals surface area contributed by atoms with Gasteiger partial charge >= 0.3 is 0 Å². The summed E-state index contributed by atoms with van der Waals surface area (Å²) in [6, 6.07) is 16.8. The number of benzene rings is 2. The van der Waals surface area contributed by atoms with Gasteiger partial charge in [0.2, 0.25) is 11.8 Å². The summed E-state index contributed by atoms with van der Waals surface area (Å²) in [5, 5.41) is 9.82. The lowest BCUT2D eigenvalue weighted by Crippen LogP contribution is -2.16. The van der Waals surface area contributed by atoms with Gasteiger partial charge in [0.05, 0.1) is 6.20 Å². The Balaban J connectivity index is 1.73. The molecule has 0 aliphatic carbocycles. The zero-order chi connectivity index (χ0) is 25.2. The van der Waals surface area contributed by atoms with Crippen molar-refractivity contribution in [3.8, 4) is 22.8 Å². The van der Waals surface area contributed by atoms with E-state index in [0.29, 0.717) is 35.3 Å². The predicted molar refractivity (Wildman–Crippen MR) is 136 cm³/mol. The lowest BCUT2D eigenvalue weighted by Gasteiger charge is -2.18. The molecule has 0 unspecified atom stereocenters. The second kappa shape index (κ2) is 9.58. The van der Waals surface area contributed by atoms with E-state index in [-0.39, 0.29) is 17.0 Å². The third kappa shape index (κ3) is 5.32. The molecule has 2 amide bonds. The van der Waals surface area contributed by atoms with Crippen LogP contribution in [0.25, 0.3) is 22.8 Å². The number of carbonyl (C=O) groups excluding carboxylic acids is 2. The van der Waals surface area contributed by atoms with Crippen LogP contribution < -0.4 is 10.6 Å². The molecule has 0 aliphatic rings. The first-order valence-electron chi connectivity index (χ1n) is 11.5. The van der Waals surface area contributed by atoms with Gasteiger partial charge in [0, 0.05) is 36.3 Å². The highest BCUT2D eigenvalue weighted by Gasteiger charge is 2.24. The summed E-state index contributed by atoms with van der Waals surface area (Å²) in [6.07, 6.45) is 1.63. The quantitative estimate of drug-likeness (QED) is 0.374. The fourth-order valence-electron chi connectivity index (χ4n) is 3.68. The molecule has 0 radical (unpaired) electrons. The summed E-state index contributed by atoms with van der Waals surface area (Å²) in [5.74, 6) is 0.701. The molecule has 0 aliphatic heterocycles. The molecule has 0 fully saturated rings. The Labute approximate surface area is 204 Å². The molecule has 0 bridgehead atoms. The third-order valence-corrected chi connectivity index (χ3v) is 5.57. The minimum atomic E-state index is -0.401. The number of aryl methyl sites for hydroxylation is 1. The zero-order valence-electron chi connectivity index (χ0n) is 20.5. The maximum Gasteiger partial charge on any atom is 0.279 e. The molecule has 8 heteroatoms. The molecule has 0 atom stereocenters. The lowest BCUT2D eigenvalue weighted by atomic mass is 9.87. The van der Waals surface area contributed by atoms with Crippen molar-refractivity contribution in [3.63, 3.8) is 0 Å². The maximum atomic E-state index is 13.3. The molecule has 0 saturated carbocycles.